The molecule has 0 aromatic carbocycles. The van der Waals surface area contributed by atoms with Crippen LogP contribution in [0.3, 0.4) is 0 Å². The maximum absolute atomic E-state index is 10.5. The molecule has 2 saturated heterocycles. The summed E-state index contributed by atoms with van der Waals surface area (Å²) < 4.78 is 4.93. The average molecular weight is 278 g/mol. The highest BCUT2D eigenvalue weighted by molar-refractivity contribution is 6.01. The molecule has 0 saturated carbocycles. The normalized spacial score (nSPS) is 17.2. The second kappa shape index (κ2) is 12.5. The summed E-state index contributed by atoms with van der Waals surface area (Å²) in [5, 5.41) is 11.6. The molecule has 0 unspecified atom stereocenters. The van der Waals surface area contributed by atoms with E-state index >= 15 is 0 Å². The minimum Gasteiger partial charge on any atom is -0.483 e. The van der Waals surface area contributed by atoms with Gasteiger partial charge in [0.2, 0.25) is 17.7 Å². The molecule has 5 N–H and O–H groups in total. The van der Waals surface area contributed by atoms with Crippen LogP contribution in [0.25, 0.3) is 0 Å². The van der Waals surface area contributed by atoms with Gasteiger partial charge in [0.1, 0.15) is 6.73 Å². The molecule has 9 heteroatoms. The van der Waals surface area contributed by atoms with Crippen molar-refractivity contribution in [2.24, 2.45) is 0 Å². The molecule has 2 heterocycles. The maximum atomic E-state index is 10.5. The van der Waals surface area contributed by atoms with Gasteiger partial charge in [-0.15, -0.1) is 0 Å². The Bertz CT molecular complexity index is 282. The number of ether oxygens (including phenoxy) is 1. The molecule has 0 aromatic heterocycles. The number of nitrogens with one attached hydrogen (secondary N) is 2. The lowest BCUT2D eigenvalue weighted by atomic mass is 10.3. The van der Waals surface area contributed by atoms with Crippen LogP contribution in [-0.2, 0) is 23.9 Å². The predicted octanol–water partition coefficient (Wildman–Crippen LogP) is -1.83. The smallest absolute Gasteiger partial charge is 0.290 e. The highest BCUT2D eigenvalue weighted by Crippen LogP contribution is 1.96. The highest BCUT2D eigenvalue weighted by atomic mass is 16.5. The van der Waals surface area contributed by atoms with E-state index in [9.17, 15) is 14.4 Å². The number of imide groups is 1. The molecule has 0 atom stereocenters. The van der Waals surface area contributed by atoms with E-state index < -0.39 is 0 Å². The Morgan fingerprint density at radius 3 is 2.00 bits per heavy atom. The van der Waals surface area contributed by atoms with E-state index in [0.29, 0.717) is 32.6 Å². The number of carbonyl (C=O) groups excluding carboxylic acids is 3. The van der Waals surface area contributed by atoms with Gasteiger partial charge in [0.05, 0.1) is 0 Å². The summed E-state index contributed by atoms with van der Waals surface area (Å²) in [6.07, 6.45) is 2.21. The van der Waals surface area contributed by atoms with Gasteiger partial charge >= 0.3 is 0 Å². The maximum Gasteiger partial charge on any atom is 0.290 e. The number of hydrogen-bond donors (Lipinski definition) is 3. The van der Waals surface area contributed by atoms with E-state index in [2.05, 4.69) is 10.6 Å². The third kappa shape index (κ3) is 12.2. The molecule has 0 radical (unpaired) electrons. The molecule has 9 nitrogen and oxygen atoms in total. The monoisotopic (exact) mass is 278 g/mol. The van der Waals surface area contributed by atoms with Crippen molar-refractivity contribution >= 4 is 24.2 Å². The van der Waals surface area contributed by atoms with E-state index in [0.717, 1.165) is 6.42 Å². The first-order valence-electron chi connectivity index (χ1n) is 5.35. The molecule has 2 aliphatic heterocycles. The number of carbonyl (C=O) groups is 4. The molecule has 19 heavy (non-hydrogen) atoms. The largest absolute Gasteiger partial charge is 0.483 e. The van der Waals surface area contributed by atoms with Crippen molar-refractivity contribution in [2.45, 2.75) is 25.7 Å². The van der Waals surface area contributed by atoms with Crippen molar-refractivity contribution in [3.63, 3.8) is 0 Å². The molecule has 2 rings (SSSR count). The number of amides is 3. The minimum absolute atomic E-state index is 0. The minimum atomic E-state index is -0.250. The fourth-order valence-electron chi connectivity index (χ4n) is 1.13. The molecule has 0 bridgehead atoms. The van der Waals surface area contributed by atoms with Crippen LogP contribution in [0.4, 0.5) is 0 Å². The van der Waals surface area contributed by atoms with E-state index in [-0.39, 0.29) is 29.7 Å². The molecule has 2 aliphatic rings. The Labute approximate surface area is 109 Å². The topological polar surface area (TPSA) is 153 Å². The first kappa shape index (κ1) is 19.3. The average Bonchev–Trinajstić information content (AvgIpc) is 2.55. The van der Waals surface area contributed by atoms with Crippen molar-refractivity contribution in [1.29, 1.82) is 0 Å². The lowest BCUT2D eigenvalue weighted by molar-refractivity contribution is -0.125. The lowest BCUT2D eigenvalue weighted by Gasteiger charge is -1.95. The van der Waals surface area contributed by atoms with Crippen molar-refractivity contribution in [3.05, 3.63) is 0 Å². The zero-order valence-electron chi connectivity index (χ0n) is 10.3. The zero-order valence-corrected chi connectivity index (χ0v) is 10.3. The number of hydrogen-bond acceptors (Lipinski definition) is 5. The van der Waals surface area contributed by atoms with Gasteiger partial charge in [0.15, 0.2) is 0 Å². The Morgan fingerprint density at radius 1 is 1.05 bits per heavy atom. The Morgan fingerprint density at radius 2 is 1.58 bits per heavy atom. The Kier molecular flexibility index (Phi) is 12.7. The summed E-state index contributed by atoms with van der Waals surface area (Å²) >= 11 is 0. The Hall–Kier alpha value is -2.00. The summed E-state index contributed by atoms with van der Waals surface area (Å²) in [7, 11) is 0. The second-order valence-corrected chi connectivity index (χ2v) is 3.33. The quantitative estimate of drug-likeness (QED) is 0.350. The fraction of sp³-hybridized carbons (Fsp3) is 0.600. The van der Waals surface area contributed by atoms with E-state index in [1.165, 1.54) is 0 Å². The van der Waals surface area contributed by atoms with Crippen molar-refractivity contribution in [1.82, 2.24) is 10.6 Å². The van der Waals surface area contributed by atoms with Gasteiger partial charge in [-0.05, 0) is 6.42 Å². The van der Waals surface area contributed by atoms with Gasteiger partial charge < -0.3 is 20.6 Å². The number of rotatable bonds is 0. The molecule has 2 fully saturated rings. The summed E-state index contributed by atoms with van der Waals surface area (Å²) in [4.78, 5) is 39.1. The Balaban J connectivity index is 0. The van der Waals surface area contributed by atoms with Crippen LogP contribution < -0.4 is 10.6 Å². The SMILES string of the molecule is O.O=C1CCC(=O)N1.O=C1CCCOCN1.O=CO. The summed E-state index contributed by atoms with van der Waals surface area (Å²) in [6, 6.07) is 0. The van der Waals surface area contributed by atoms with Crippen LogP contribution in [0, 0.1) is 0 Å². The molecular formula is C10H18N2O7. The first-order chi connectivity index (χ1) is 8.60. The van der Waals surface area contributed by atoms with Crippen LogP contribution in [0.2, 0.25) is 0 Å². The summed E-state index contributed by atoms with van der Waals surface area (Å²) in [6.45, 7) is 0.845. The van der Waals surface area contributed by atoms with E-state index in [1.54, 1.807) is 0 Å². The molecule has 0 aromatic rings. The van der Waals surface area contributed by atoms with E-state index in [1.807, 2.05) is 0 Å². The second-order valence-electron chi connectivity index (χ2n) is 3.33. The van der Waals surface area contributed by atoms with Gasteiger partial charge in [-0.25, -0.2) is 0 Å². The van der Waals surface area contributed by atoms with E-state index in [4.69, 9.17) is 14.6 Å². The van der Waals surface area contributed by atoms with Crippen LogP contribution in [0.15, 0.2) is 0 Å². The molecule has 0 aliphatic carbocycles. The zero-order chi connectivity index (χ0) is 13.8. The summed E-state index contributed by atoms with van der Waals surface area (Å²) in [5.74, 6) is -0.197. The van der Waals surface area contributed by atoms with Gasteiger partial charge in [-0.1, -0.05) is 0 Å². The molecule has 0 spiro atoms. The first-order valence-corrected chi connectivity index (χ1v) is 5.35. The third-order valence-corrected chi connectivity index (χ3v) is 1.92. The molecular weight excluding hydrogens is 260 g/mol. The van der Waals surface area contributed by atoms with Crippen molar-refractivity contribution in [3.8, 4) is 0 Å². The van der Waals surface area contributed by atoms with Gasteiger partial charge in [-0.3, -0.25) is 24.5 Å². The van der Waals surface area contributed by atoms with Crippen molar-refractivity contribution < 1.29 is 34.5 Å². The standard InChI is InChI=1S/C5H9NO2.C4H5NO2.CH2O2.H2O/c7-5-2-1-3-8-4-6-5;6-3-1-2-4(7)5-3;2-1-3;/h1-4H2,(H,6,7);1-2H2,(H,5,6,7);1H,(H,2,3);1H2. The van der Waals surface area contributed by atoms with Crippen LogP contribution in [0.5, 0.6) is 0 Å². The summed E-state index contributed by atoms with van der Waals surface area (Å²) in [5.41, 5.74) is 0. The number of carboxylic acid groups (broad SMARTS) is 1. The molecule has 3 amide bonds. The van der Waals surface area contributed by atoms with Crippen molar-refractivity contribution in [2.75, 3.05) is 13.3 Å². The molecule has 110 valence electrons. The van der Waals surface area contributed by atoms with Gasteiger partial charge in [0.25, 0.3) is 6.47 Å². The van der Waals surface area contributed by atoms with Gasteiger partial charge in [0, 0.05) is 25.9 Å². The fourth-order valence-corrected chi connectivity index (χ4v) is 1.13. The van der Waals surface area contributed by atoms with Crippen LogP contribution >= 0.6 is 0 Å². The predicted molar refractivity (Wildman–Crippen MR) is 62.9 cm³/mol. The van der Waals surface area contributed by atoms with Gasteiger partial charge in [-0.2, -0.15) is 0 Å². The third-order valence-electron chi connectivity index (χ3n) is 1.92. The van der Waals surface area contributed by atoms with Crippen LogP contribution in [-0.4, -0.2) is 48.1 Å². The van der Waals surface area contributed by atoms with Crippen LogP contribution in [0.1, 0.15) is 25.7 Å². The highest BCUT2D eigenvalue weighted by Gasteiger charge is 2.15. The lowest BCUT2D eigenvalue weighted by Crippen LogP contribution is -2.22.